The van der Waals surface area contributed by atoms with Crippen LogP contribution in [-0.2, 0) is 4.79 Å². The Morgan fingerprint density at radius 1 is 1.00 bits per heavy atom. The number of anilines is 1. The number of amides is 4. The van der Waals surface area contributed by atoms with Crippen LogP contribution in [0.2, 0.25) is 0 Å². The smallest absolute Gasteiger partial charge is 0.328 e. The molecule has 0 saturated carbocycles. The first-order valence-electron chi connectivity index (χ1n) is 10.1. The molecular formula is C23H26N4O3. The molecule has 0 bridgehead atoms. The molecule has 2 saturated heterocycles. The zero-order chi connectivity index (χ0) is 21.4. The van der Waals surface area contributed by atoms with E-state index in [1.165, 1.54) is 4.90 Å². The first-order valence-corrected chi connectivity index (χ1v) is 10.1. The number of benzene rings is 2. The van der Waals surface area contributed by atoms with Gasteiger partial charge in [0.2, 0.25) is 0 Å². The van der Waals surface area contributed by atoms with Crippen molar-refractivity contribution < 1.29 is 14.4 Å². The van der Waals surface area contributed by atoms with E-state index in [-0.39, 0.29) is 30.4 Å². The summed E-state index contributed by atoms with van der Waals surface area (Å²) in [7, 11) is 3.89. The van der Waals surface area contributed by atoms with Gasteiger partial charge in [-0.25, -0.2) is 4.79 Å². The fourth-order valence-corrected chi connectivity index (χ4v) is 4.12. The third-order valence-electron chi connectivity index (χ3n) is 5.94. The normalized spacial score (nSPS) is 19.7. The lowest BCUT2D eigenvalue weighted by molar-refractivity contribution is -0.130. The average molecular weight is 406 g/mol. The van der Waals surface area contributed by atoms with Crippen LogP contribution >= 0.6 is 0 Å². The molecule has 0 radical (unpaired) electrons. The van der Waals surface area contributed by atoms with Gasteiger partial charge in [0, 0.05) is 38.4 Å². The summed E-state index contributed by atoms with van der Waals surface area (Å²) in [6, 6.07) is 15.7. The second-order valence-corrected chi connectivity index (χ2v) is 7.98. The highest BCUT2D eigenvalue weighted by Gasteiger charge is 2.50. The Morgan fingerprint density at radius 2 is 1.67 bits per heavy atom. The SMILES string of the molecule is C[C@@H](c1ccccc1)N1C(=O)[C@@H]2CN(C(=O)c3ccc(N(C)C)cc3)CCN2C1=O. The number of rotatable bonds is 4. The zero-order valence-corrected chi connectivity index (χ0v) is 17.5. The van der Waals surface area contributed by atoms with Gasteiger partial charge in [0.05, 0.1) is 12.6 Å². The molecule has 0 unspecified atom stereocenters. The molecule has 2 heterocycles. The van der Waals surface area contributed by atoms with Gasteiger partial charge in [0.1, 0.15) is 6.04 Å². The van der Waals surface area contributed by atoms with E-state index in [1.807, 2.05) is 68.4 Å². The quantitative estimate of drug-likeness (QED) is 0.733. The summed E-state index contributed by atoms with van der Waals surface area (Å²) in [6.07, 6.45) is 0. The summed E-state index contributed by atoms with van der Waals surface area (Å²) < 4.78 is 0. The van der Waals surface area contributed by atoms with Crippen molar-refractivity contribution in [3.05, 3.63) is 65.7 Å². The molecule has 0 spiro atoms. The number of nitrogens with zero attached hydrogens (tertiary/aromatic N) is 4. The minimum Gasteiger partial charge on any atom is -0.378 e. The number of piperazine rings is 1. The van der Waals surface area contributed by atoms with Crippen LogP contribution in [-0.4, -0.2) is 72.3 Å². The molecule has 2 aromatic rings. The highest BCUT2D eigenvalue weighted by atomic mass is 16.2. The van der Waals surface area contributed by atoms with Crippen LogP contribution < -0.4 is 4.90 Å². The molecule has 2 atom stereocenters. The van der Waals surface area contributed by atoms with E-state index in [0.29, 0.717) is 18.7 Å². The van der Waals surface area contributed by atoms with Gasteiger partial charge in [0.25, 0.3) is 11.8 Å². The van der Waals surface area contributed by atoms with Crippen molar-refractivity contribution in [2.75, 3.05) is 38.6 Å². The first-order chi connectivity index (χ1) is 14.4. The van der Waals surface area contributed by atoms with Crippen LogP contribution in [0.25, 0.3) is 0 Å². The zero-order valence-electron chi connectivity index (χ0n) is 17.5. The molecule has 2 aliphatic heterocycles. The van der Waals surface area contributed by atoms with Crippen LogP contribution in [0.1, 0.15) is 28.9 Å². The van der Waals surface area contributed by atoms with Gasteiger partial charge < -0.3 is 14.7 Å². The minimum atomic E-state index is -0.623. The van der Waals surface area contributed by atoms with Gasteiger partial charge >= 0.3 is 6.03 Å². The highest BCUT2D eigenvalue weighted by Crippen LogP contribution is 2.30. The van der Waals surface area contributed by atoms with Crippen molar-refractivity contribution in [1.29, 1.82) is 0 Å². The van der Waals surface area contributed by atoms with Crippen LogP contribution in [0.4, 0.5) is 10.5 Å². The van der Waals surface area contributed by atoms with Crippen molar-refractivity contribution in [2.24, 2.45) is 0 Å². The number of carbonyl (C=O) groups is 3. The third kappa shape index (κ3) is 3.40. The number of urea groups is 1. The monoisotopic (exact) mass is 406 g/mol. The molecule has 2 aliphatic rings. The number of hydrogen-bond acceptors (Lipinski definition) is 4. The predicted octanol–water partition coefficient (Wildman–Crippen LogP) is 2.60. The van der Waals surface area contributed by atoms with E-state index >= 15 is 0 Å². The Morgan fingerprint density at radius 3 is 2.30 bits per heavy atom. The van der Waals surface area contributed by atoms with E-state index in [2.05, 4.69) is 0 Å². The number of fused-ring (bicyclic) bond motifs is 1. The number of hydrogen-bond donors (Lipinski definition) is 0. The summed E-state index contributed by atoms with van der Waals surface area (Å²) in [5.74, 6) is -0.355. The molecule has 2 fully saturated rings. The lowest BCUT2D eigenvalue weighted by atomic mass is 10.1. The summed E-state index contributed by atoms with van der Waals surface area (Å²) in [4.78, 5) is 45.6. The summed E-state index contributed by atoms with van der Waals surface area (Å²) in [5, 5.41) is 0. The van der Waals surface area contributed by atoms with E-state index in [4.69, 9.17) is 0 Å². The van der Waals surface area contributed by atoms with E-state index in [1.54, 1.807) is 21.9 Å². The van der Waals surface area contributed by atoms with Gasteiger partial charge in [-0.2, -0.15) is 0 Å². The van der Waals surface area contributed by atoms with E-state index < -0.39 is 6.04 Å². The van der Waals surface area contributed by atoms with Crippen LogP contribution in [0.5, 0.6) is 0 Å². The molecule has 4 rings (SSSR count). The van der Waals surface area contributed by atoms with Crippen molar-refractivity contribution in [2.45, 2.75) is 19.0 Å². The Hall–Kier alpha value is -3.35. The molecule has 0 N–H and O–H groups in total. The van der Waals surface area contributed by atoms with Crippen molar-refractivity contribution in [3.8, 4) is 0 Å². The molecule has 0 aliphatic carbocycles. The fraction of sp³-hybridized carbons (Fsp3) is 0.348. The summed E-state index contributed by atoms with van der Waals surface area (Å²) in [6.45, 7) is 2.85. The number of imide groups is 1. The largest absolute Gasteiger partial charge is 0.378 e. The molecule has 7 nitrogen and oxygen atoms in total. The fourth-order valence-electron chi connectivity index (χ4n) is 4.12. The Bertz CT molecular complexity index is 958. The first kappa shape index (κ1) is 19.9. The minimum absolute atomic E-state index is 0.116. The second kappa shape index (κ2) is 7.82. The molecule has 4 amide bonds. The topological polar surface area (TPSA) is 64.2 Å². The maximum absolute atomic E-state index is 13.1. The van der Waals surface area contributed by atoms with E-state index in [9.17, 15) is 14.4 Å². The Labute approximate surface area is 176 Å². The van der Waals surface area contributed by atoms with Gasteiger partial charge in [-0.3, -0.25) is 14.5 Å². The lowest BCUT2D eigenvalue weighted by Crippen LogP contribution is -2.54. The van der Waals surface area contributed by atoms with Crippen molar-refractivity contribution in [3.63, 3.8) is 0 Å². The van der Waals surface area contributed by atoms with Crippen molar-refractivity contribution in [1.82, 2.24) is 14.7 Å². The third-order valence-corrected chi connectivity index (χ3v) is 5.94. The maximum atomic E-state index is 13.1. The maximum Gasteiger partial charge on any atom is 0.328 e. The summed E-state index contributed by atoms with van der Waals surface area (Å²) >= 11 is 0. The van der Waals surface area contributed by atoms with Gasteiger partial charge in [-0.1, -0.05) is 30.3 Å². The van der Waals surface area contributed by atoms with Gasteiger partial charge in [-0.05, 0) is 36.8 Å². The Kier molecular flexibility index (Phi) is 5.20. The molecular weight excluding hydrogens is 380 g/mol. The Balaban J connectivity index is 1.50. The molecule has 30 heavy (non-hydrogen) atoms. The number of carbonyl (C=O) groups excluding carboxylic acids is 3. The van der Waals surface area contributed by atoms with Gasteiger partial charge in [0.15, 0.2) is 0 Å². The molecule has 156 valence electrons. The average Bonchev–Trinajstić information content (AvgIpc) is 3.03. The van der Waals surface area contributed by atoms with Crippen molar-refractivity contribution >= 4 is 23.5 Å². The van der Waals surface area contributed by atoms with E-state index in [0.717, 1.165) is 11.3 Å². The van der Waals surface area contributed by atoms with Crippen LogP contribution in [0, 0.1) is 0 Å². The molecule has 7 heteroatoms. The highest BCUT2D eigenvalue weighted by molar-refractivity contribution is 6.05. The predicted molar refractivity (Wildman–Crippen MR) is 114 cm³/mol. The lowest BCUT2D eigenvalue weighted by Gasteiger charge is -2.35. The standard InChI is InChI=1S/C23H26N4O3/c1-16(17-7-5-4-6-8-17)27-22(29)20-15-25(13-14-26(20)23(27)30)21(28)18-9-11-19(12-10-18)24(2)3/h4-12,16,20H,13-15H2,1-3H3/t16-,20-/m0/s1. The van der Waals surface area contributed by atoms with Gasteiger partial charge in [-0.15, -0.1) is 0 Å². The second-order valence-electron chi connectivity index (χ2n) is 7.98. The molecule has 0 aromatic heterocycles. The summed E-state index contributed by atoms with van der Waals surface area (Å²) in [5.41, 5.74) is 2.51. The van der Waals surface area contributed by atoms with Crippen LogP contribution in [0.15, 0.2) is 54.6 Å². The van der Waals surface area contributed by atoms with Crippen LogP contribution in [0.3, 0.4) is 0 Å². The molecule has 2 aromatic carbocycles.